The summed E-state index contributed by atoms with van der Waals surface area (Å²) in [4.78, 5) is 10.1. The number of hydrogen-bond acceptors (Lipinski definition) is 3. The molecule has 9 aromatic rings. The zero-order chi connectivity index (χ0) is 29.5. The fourth-order valence-corrected chi connectivity index (χ4v) is 6.93. The van der Waals surface area contributed by atoms with E-state index >= 15 is 0 Å². The molecule has 210 valence electrons. The third-order valence-electron chi connectivity index (χ3n) is 8.95. The van der Waals surface area contributed by atoms with Gasteiger partial charge in [0.2, 0.25) is 0 Å². The molecule has 0 N–H and O–H groups in total. The van der Waals surface area contributed by atoms with Gasteiger partial charge in [-0.2, -0.15) is 0 Å². The molecule has 0 atom stereocenters. The van der Waals surface area contributed by atoms with Crippen molar-refractivity contribution in [2.75, 3.05) is 0 Å². The lowest BCUT2D eigenvalue weighted by Crippen LogP contribution is -2.02. The van der Waals surface area contributed by atoms with Crippen LogP contribution in [-0.4, -0.2) is 19.1 Å². The van der Waals surface area contributed by atoms with Crippen molar-refractivity contribution in [3.8, 4) is 45.5 Å². The topological polar surface area (TPSA) is 44.9 Å². The monoisotopic (exact) mass is 576 g/mol. The van der Waals surface area contributed by atoms with Crippen LogP contribution in [0.2, 0.25) is 0 Å². The number of nitrogens with zero attached hydrogens (tertiary/aromatic N) is 4. The van der Waals surface area contributed by atoms with Crippen LogP contribution >= 0.6 is 0 Å². The zero-order valence-corrected chi connectivity index (χ0v) is 24.1. The minimum Gasteiger partial charge on any atom is -0.456 e. The molecule has 0 fully saturated rings. The third-order valence-corrected chi connectivity index (χ3v) is 8.95. The molecule has 10 rings (SSSR count). The second-order valence-corrected chi connectivity index (χ2v) is 11.5. The number of rotatable bonds is 3. The Bertz CT molecular complexity index is 2610. The smallest absolute Gasteiger partial charge is 0.160 e. The summed E-state index contributed by atoms with van der Waals surface area (Å²) in [5, 5.41) is 4.61. The van der Waals surface area contributed by atoms with Crippen molar-refractivity contribution in [2.24, 2.45) is 0 Å². The highest BCUT2D eigenvalue weighted by atomic mass is 16.5. The highest BCUT2D eigenvalue weighted by molar-refractivity contribution is 6.18. The van der Waals surface area contributed by atoms with Gasteiger partial charge in [0, 0.05) is 44.9 Å². The van der Waals surface area contributed by atoms with Gasteiger partial charge in [0.1, 0.15) is 11.5 Å². The van der Waals surface area contributed by atoms with E-state index in [1.807, 2.05) is 36.4 Å². The lowest BCUT2D eigenvalue weighted by Gasteiger charge is -2.20. The first kappa shape index (κ1) is 24.3. The summed E-state index contributed by atoms with van der Waals surface area (Å²) in [6.07, 6.45) is 2.17. The van der Waals surface area contributed by atoms with Gasteiger partial charge < -0.3 is 13.9 Å². The minimum absolute atomic E-state index is 0.695. The number of fused-ring (bicyclic) bond motifs is 7. The van der Waals surface area contributed by atoms with Gasteiger partial charge in [0.05, 0.1) is 33.1 Å². The van der Waals surface area contributed by atoms with Crippen molar-refractivity contribution in [3.63, 3.8) is 0 Å². The molecule has 6 aromatic carbocycles. The molecular formula is C40H24N4O. The van der Waals surface area contributed by atoms with Gasteiger partial charge in [-0.3, -0.25) is 0 Å². The van der Waals surface area contributed by atoms with Crippen LogP contribution in [0.25, 0.3) is 77.6 Å². The molecular weight excluding hydrogens is 552 g/mol. The minimum atomic E-state index is 0.695. The van der Waals surface area contributed by atoms with E-state index in [0.29, 0.717) is 5.82 Å². The fraction of sp³-hybridized carbons (Fsp3) is 0. The van der Waals surface area contributed by atoms with E-state index in [1.165, 1.54) is 32.7 Å². The van der Waals surface area contributed by atoms with Crippen molar-refractivity contribution in [2.45, 2.75) is 0 Å². The number of aromatic nitrogens is 4. The Balaban J connectivity index is 1.18. The van der Waals surface area contributed by atoms with Gasteiger partial charge in [0.25, 0.3) is 0 Å². The van der Waals surface area contributed by atoms with E-state index in [2.05, 4.69) is 118 Å². The lowest BCUT2D eigenvalue weighted by atomic mass is 10.0. The summed E-state index contributed by atoms with van der Waals surface area (Å²) >= 11 is 0. The van der Waals surface area contributed by atoms with Crippen LogP contribution in [-0.2, 0) is 0 Å². The Morgan fingerprint density at radius 1 is 0.533 bits per heavy atom. The maximum Gasteiger partial charge on any atom is 0.160 e. The standard InChI is InChI=1S/C40H24N4O/c1-2-9-27(10-3-1)43-24-23-25-19-22-30-29-11-4-6-14-33(29)44(39(30)38(25)43)28-20-17-26(18-21-28)40-41-32-13-8-16-35-36(32)37(42-40)31-12-5-7-15-34(31)45-35/h1-24H. The molecule has 3 aromatic heterocycles. The zero-order valence-electron chi connectivity index (χ0n) is 24.1. The molecule has 5 nitrogen and oxygen atoms in total. The van der Waals surface area contributed by atoms with Crippen LogP contribution in [0.1, 0.15) is 0 Å². The van der Waals surface area contributed by atoms with Crippen LogP contribution in [0.15, 0.2) is 146 Å². The van der Waals surface area contributed by atoms with E-state index in [0.717, 1.165) is 50.6 Å². The molecule has 0 unspecified atom stereocenters. The summed E-state index contributed by atoms with van der Waals surface area (Å²) in [5.41, 5.74) is 9.49. The Labute approximate surface area is 258 Å². The molecule has 0 saturated carbocycles. The summed E-state index contributed by atoms with van der Waals surface area (Å²) in [6.45, 7) is 0. The molecule has 0 saturated heterocycles. The van der Waals surface area contributed by atoms with Gasteiger partial charge in [-0.25, -0.2) is 9.97 Å². The first-order chi connectivity index (χ1) is 22.3. The Kier molecular flexibility index (Phi) is 4.93. The number of hydrogen-bond donors (Lipinski definition) is 0. The Hall–Kier alpha value is -6.20. The molecule has 1 aliphatic heterocycles. The highest BCUT2D eigenvalue weighted by Gasteiger charge is 2.23. The van der Waals surface area contributed by atoms with Gasteiger partial charge in [-0.1, -0.05) is 66.7 Å². The van der Waals surface area contributed by atoms with Crippen molar-refractivity contribution in [3.05, 3.63) is 146 Å². The maximum absolute atomic E-state index is 6.20. The van der Waals surface area contributed by atoms with Crippen molar-refractivity contribution < 1.29 is 4.74 Å². The second-order valence-electron chi connectivity index (χ2n) is 11.5. The van der Waals surface area contributed by atoms with E-state index in [1.54, 1.807) is 0 Å². The first-order valence-electron chi connectivity index (χ1n) is 15.1. The third kappa shape index (κ3) is 3.49. The van der Waals surface area contributed by atoms with Crippen molar-refractivity contribution in [1.29, 1.82) is 0 Å². The quantitative estimate of drug-likeness (QED) is 0.210. The Morgan fingerprint density at radius 3 is 2.24 bits per heavy atom. The van der Waals surface area contributed by atoms with Gasteiger partial charge in [-0.15, -0.1) is 0 Å². The summed E-state index contributed by atoms with van der Waals surface area (Å²) in [6, 6.07) is 48.6. The molecule has 0 spiro atoms. The lowest BCUT2D eigenvalue weighted by molar-refractivity contribution is 0.486. The molecule has 0 radical (unpaired) electrons. The largest absolute Gasteiger partial charge is 0.456 e. The molecule has 0 amide bonds. The molecule has 4 heterocycles. The van der Waals surface area contributed by atoms with E-state index < -0.39 is 0 Å². The SMILES string of the molecule is c1ccc(-n2ccc3ccc4c5ccccc5n(-c5ccc(-c6nc7c8c(cccc8n6)Oc6ccccc6-7)cc5)c4c32)cc1. The van der Waals surface area contributed by atoms with E-state index in [-0.39, 0.29) is 0 Å². The van der Waals surface area contributed by atoms with Gasteiger partial charge in [-0.05, 0) is 72.8 Å². The van der Waals surface area contributed by atoms with Crippen LogP contribution < -0.4 is 4.74 Å². The van der Waals surface area contributed by atoms with Crippen molar-refractivity contribution >= 4 is 43.6 Å². The highest BCUT2D eigenvalue weighted by Crippen LogP contribution is 2.45. The Morgan fingerprint density at radius 2 is 1.33 bits per heavy atom. The molecule has 1 aliphatic rings. The average Bonchev–Trinajstić information content (AvgIpc) is 3.68. The van der Waals surface area contributed by atoms with Crippen LogP contribution in [0.3, 0.4) is 0 Å². The molecule has 0 aliphatic carbocycles. The number of ether oxygens (including phenoxy) is 1. The predicted molar refractivity (Wildman–Crippen MR) is 182 cm³/mol. The normalized spacial score (nSPS) is 12.2. The molecule has 0 bridgehead atoms. The van der Waals surface area contributed by atoms with Gasteiger partial charge >= 0.3 is 0 Å². The van der Waals surface area contributed by atoms with Crippen LogP contribution in [0.5, 0.6) is 11.5 Å². The summed E-state index contributed by atoms with van der Waals surface area (Å²) in [5.74, 6) is 2.30. The van der Waals surface area contributed by atoms with Gasteiger partial charge in [0.15, 0.2) is 5.82 Å². The fourth-order valence-electron chi connectivity index (χ4n) is 6.93. The maximum atomic E-state index is 6.20. The average molecular weight is 577 g/mol. The van der Waals surface area contributed by atoms with Crippen LogP contribution in [0.4, 0.5) is 0 Å². The van der Waals surface area contributed by atoms with E-state index in [9.17, 15) is 0 Å². The predicted octanol–water partition coefficient (Wildman–Crippen LogP) is 10.1. The summed E-state index contributed by atoms with van der Waals surface area (Å²) in [7, 11) is 0. The summed E-state index contributed by atoms with van der Waals surface area (Å²) < 4.78 is 10.9. The van der Waals surface area contributed by atoms with Crippen LogP contribution in [0, 0.1) is 0 Å². The number of para-hydroxylation sites is 3. The first-order valence-corrected chi connectivity index (χ1v) is 15.1. The molecule has 5 heteroatoms. The second kappa shape index (κ2) is 9.15. The number of benzene rings is 6. The van der Waals surface area contributed by atoms with Crippen molar-refractivity contribution in [1.82, 2.24) is 19.1 Å². The van der Waals surface area contributed by atoms with E-state index in [4.69, 9.17) is 14.7 Å². The molecule has 45 heavy (non-hydrogen) atoms.